The van der Waals surface area contributed by atoms with E-state index in [1.165, 1.54) is 12.4 Å². The molecule has 2 aromatic rings. The molecule has 7 heteroatoms. The minimum absolute atomic E-state index is 0.198. The van der Waals surface area contributed by atoms with Crippen LogP contribution in [0.2, 0.25) is 0 Å². The van der Waals surface area contributed by atoms with Gasteiger partial charge in [0.05, 0.1) is 31.1 Å². The van der Waals surface area contributed by atoms with Crippen LogP contribution in [-0.2, 0) is 4.79 Å². The Hall–Kier alpha value is -2.15. The zero-order chi connectivity index (χ0) is 14.4. The minimum Gasteiger partial charge on any atom is -0.491 e. The summed E-state index contributed by atoms with van der Waals surface area (Å²) in [5.74, 6) is 0.775. The Balaban J connectivity index is 1.78. The van der Waals surface area contributed by atoms with Gasteiger partial charge in [-0.2, -0.15) is 0 Å². The summed E-state index contributed by atoms with van der Waals surface area (Å²) in [5.41, 5.74) is 6.27. The number of carbonyl (C=O) groups excluding carboxylic acids is 1. The average Bonchev–Trinajstić information content (AvgIpc) is 2.43. The average molecular weight is 337 g/mol. The number of rotatable bonds is 5. The largest absolute Gasteiger partial charge is 0.491 e. The molecule has 104 valence electrons. The van der Waals surface area contributed by atoms with Crippen LogP contribution in [0.15, 0.2) is 41.3 Å². The molecule has 20 heavy (non-hydrogen) atoms. The van der Waals surface area contributed by atoms with Gasteiger partial charge in [-0.25, -0.2) is 9.97 Å². The van der Waals surface area contributed by atoms with Crippen LogP contribution in [0.25, 0.3) is 0 Å². The van der Waals surface area contributed by atoms with E-state index in [9.17, 15) is 4.79 Å². The molecule has 1 aromatic heterocycles. The second-order valence-corrected chi connectivity index (χ2v) is 4.72. The van der Waals surface area contributed by atoms with E-state index in [0.717, 1.165) is 0 Å². The van der Waals surface area contributed by atoms with Crippen molar-refractivity contribution in [3.8, 4) is 5.75 Å². The summed E-state index contributed by atoms with van der Waals surface area (Å²) in [5, 5.41) is 2.63. The highest BCUT2D eigenvalue weighted by Gasteiger charge is 2.05. The van der Waals surface area contributed by atoms with E-state index >= 15 is 0 Å². The third-order valence-electron chi connectivity index (χ3n) is 2.39. The lowest BCUT2D eigenvalue weighted by Gasteiger charge is -2.08. The van der Waals surface area contributed by atoms with Gasteiger partial charge < -0.3 is 15.8 Å². The monoisotopic (exact) mass is 336 g/mol. The number of anilines is 2. The quantitative estimate of drug-likeness (QED) is 0.817. The number of benzene rings is 1. The number of nitrogen functional groups attached to an aromatic ring is 1. The van der Waals surface area contributed by atoms with Crippen LogP contribution in [0.1, 0.15) is 6.42 Å². The summed E-state index contributed by atoms with van der Waals surface area (Å²) >= 11 is 3.17. The van der Waals surface area contributed by atoms with Crippen LogP contribution in [0.4, 0.5) is 11.5 Å². The van der Waals surface area contributed by atoms with Gasteiger partial charge in [0.1, 0.15) is 10.4 Å². The van der Waals surface area contributed by atoms with Crippen molar-refractivity contribution < 1.29 is 9.53 Å². The number of nitrogens with zero attached hydrogens (tertiary/aromatic N) is 2. The van der Waals surface area contributed by atoms with E-state index in [1.807, 2.05) is 12.1 Å². The van der Waals surface area contributed by atoms with Crippen LogP contribution >= 0.6 is 15.9 Å². The van der Waals surface area contributed by atoms with E-state index in [2.05, 4.69) is 31.2 Å². The molecule has 0 atom stereocenters. The lowest BCUT2D eigenvalue weighted by atomic mass is 10.3. The number of aromatic nitrogens is 2. The second-order valence-electron chi connectivity index (χ2n) is 3.91. The smallest absolute Gasteiger partial charge is 0.228 e. The van der Waals surface area contributed by atoms with E-state index in [1.54, 1.807) is 12.1 Å². The fourth-order valence-electron chi connectivity index (χ4n) is 1.45. The minimum atomic E-state index is -0.198. The highest BCUT2D eigenvalue weighted by Crippen LogP contribution is 2.19. The number of amides is 1. The molecule has 1 amide bonds. The molecule has 0 aliphatic carbocycles. The second kappa shape index (κ2) is 6.85. The number of nitrogens with two attached hydrogens (primary N) is 1. The topological polar surface area (TPSA) is 90.1 Å². The van der Waals surface area contributed by atoms with Crippen LogP contribution in [-0.4, -0.2) is 22.5 Å². The van der Waals surface area contributed by atoms with Gasteiger partial charge in [0.2, 0.25) is 5.91 Å². The summed E-state index contributed by atoms with van der Waals surface area (Å²) in [6, 6.07) is 7.14. The summed E-state index contributed by atoms with van der Waals surface area (Å²) < 4.78 is 6.04. The third-order valence-corrected chi connectivity index (χ3v) is 2.80. The summed E-state index contributed by atoms with van der Waals surface area (Å²) in [7, 11) is 0. The molecule has 3 N–H and O–H groups in total. The molecule has 2 rings (SSSR count). The molecule has 0 aliphatic heterocycles. The van der Waals surface area contributed by atoms with E-state index < -0.39 is 0 Å². The molecular weight excluding hydrogens is 324 g/mol. The Bertz CT molecular complexity index is 589. The van der Waals surface area contributed by atoms with E-state index in [0.29, 0.717) is 21.9 Å². The van der Waals surface area contributed by atoms with Crippen molar-refractivity contribution in [1.29, 1.82) is 0 Å². The van der Waals surface area contributed by atoms with Gasteiger partial charge in [0.25, 0.3) is 0 Å². The first-order valence-electron chi connectivity index (χ1n) is 5.90. The predicted molar refractivity (Wildman–Crippen MR) is 79.3 cm³/mol. The number of nitrogens with one attached hydrogen (secondary N) is 1. The van der Waals surface area contributed by atoms with Crippen molar-refractivity contribution in [3.63, 3.8) is 0 Å². The van der Waals surface area contributed by atoms with Crippen molar-refractivity contribution in [2.45, 2.75) is 6.42 Å². The van der Waals surface area contributed by atoms with Crippen molar-refractivity contribution in [3.05, 3.63) is 41.3 Å². The standard InChI is InChI=1S/C13H13BrN4O2/c14-11-7-17-12(8-16-11)18-13(19)5-6-20-10-4-2-1-3-9(10)15/h1-4,7-8H,5-6,15H2,(H,17,18,19). The maximum Gasteiger partial charge on any atom is 0.228 e. The SMILES string of the molecule is Nc1ccccc1OCCC(=O)Nc1cnc(Br)cn1. The van der Waals surface area contributed by atoms with Crippen molar-refractivity contribution in [2.24, 2.45) is 0 Å². The molecule has 0 aliphatic rings. The van der Waals surface area contributed by atoms with Gasteiger partial charge in [-0.15, -0.1) is 0 Å². The molecule has 1 heterocycles. The molecule has 1 aromatic carbocycles. The van der Waals surface area contributed by atoms with E-state index in [4.69, 9.17) is 10.5 Å². The molecular formula is C13H13BrN4O2. The first-order valence-corrected chi connectivity index (χ1v) is 6.69. The molecule has 0 spiro atoms. The van der Waals surface area contributed by atoms with Gasteiger partial charge in [-0.3, -0.25) is 4.79 Å². The molecule has 0 unspecified atom stereocenters. The lowest BCUT2D eigenvalue weighted by molar-refractivity contribution is -0.116. The van der Waals surface area contributed by atoms with Gasteiger partial charge in [0.15, 0.2) is 5.82 Å². The predicted octanol–water partition coefficient (Wildman–Crippen LogP) is 2.23. The van der Waals surface area contributed by atoms with Gasteiger partial charge in [0, 0.05) is 0 Å². The van der Waals surface area contributed by atoms with Crippen molar-refractivity contribution >= 4 is 33.3 Å². The normalized spacial score (nSPS) is 10.1. The molecule has 0 bridgehead atoms. The maximum absolute atomic E-state index is 11.7. The van der Waals surface area contributed by atoms with Crippen LogP contribution in [0, 0.1) is 0 Å². The number of halogens is 1. The lowest BCUT2D eigenvalue weighted by Crippen LogP contribution is -2.16. The van der Waals surface area contributed by atoms with Gasteiger partial charge in [-0.1, -0.05) is 12.1 Å². The Morgan fingerprint density at radius 3 is 2.80 bits per heavy atom. The third kappa shape index (κ3) is 4.20. The first kappa shape index (κ1) is 14.3. The molecule has 0 saturated heterocycles. The Morgan fingerprint density at radius 1 is 1.30 bits per heavy atom. The number of hydrogen-bond acceptors (Lipinski definition) is 5. The van der Waals surface area contributed by atoms with Gasteiger partial charge >= 0.3 is 0 Å². The van der Waals surface area contributed by atoms with Gasteiger partial charge in [-0.05, 0) is 28.1 Å². The number of hydrogen-bond donors (Lipinski definition) is 2. The highest BCUT2D eigenvalue weighted by molar-refractivity contribution is 9.10. The molecule has 0 radical (unpaired) electrons. The van der Waals surface area contributed by atoms with Crippen LogP contribution < -0.4 is 15.8 Å². The maximum atomic E-state index is 11.7. The molecule has 6 nitrogen and oxygen atoms in total. The summed E-state index contributed by atoms with van der Waals surface area (Å²) in [6.07, 6.45) is 3.18. The molecule has 0 saturated carbocycles. The summed E-state index contributed by atoms with van der Waals surface area (Å²) in [6.45, 7) is 0.240. The molecule has 0 fully saturated rings. The Kier molecular flexibility index (Phi) is 4.89. The number of ether oxygens (including phenoxy) is 1. The van der Waals surface area contributed by atoms with Crippen LogP contribution in [0.3, 0.4) is 0 Å². The number of para-hydroxylation sites is 2. The zero-order valence-electron chi connectivity index (χ0n) is 10.5. The zero-order valence-corrected chi connectivity index (χ0v) is 12.1. The Labute approximate surface area is 124 Å². The van der Waals surface area contributed by atoms with Crippen molar-refractivity contribution in [1.82, 2.24) is 9.97 Å². The Morgan fingerprint density at radius 2 is 2.10 bits per heavy atom. The fourth-order valence-corrected chi connectivity index (χ4v) is 1.65. The highest BCUT2D eigenvalue weighted by atomic mass is 79.9. The van der Waals surface area contributed by atoms with Crippen LogP contribution in [0.5, 0.6) is 5.75 Å². The van der Waals surface area contributed by atoms with E-state index in [-0.39, 0.29) is 18.9 Å². The fraction of sp³-hybridized carbons (Fsp3) is 0.154. The first-order chi connectivity index (χ1) is 9.65. The van der Waals surface area contributed by atoms with Crippen molar-refractivity contribution in [2.75, 3.05) is 17.7 Å². The number of carbonyl (C=O) groups is 1. The summed E-state index contributed by atoms with van der Waals surface area (Å²) in [4.78, 5) is 19.6.